The average molecular weight is 496 g/mol. The Morgan fingerprint density at radius 2 is 1.84 bits per heavy atom. The fourth-order valence-electron chi connectivity index (χ4n) is 4.06. The minimum absolute atomic E-state index is 0.00981. The lowest BCUT2D eigenvalue weighted by atomic mass is 10.0. The maximum Gasteiger partial charge on any atom is 0.276 e. The summed E-state index contributed by atoms with van der Waals surface area (Å²) in [7, 11) is 1.48. The fraction of sp³-hybridized carbons (Fsp3) is 0.107. The Labute approximate surface area is 212 Å². The molecule has 0 radical (unpaired) electrons. The number of phenolic OH excluding ortho intramolecular Hbond substituents is 1. The number of aromatic amines is 2. The van der Waals surface area contributed by atoms with E-state index in [1.165, 1.54) is 13.2 Å². The molecule has 5 rings (SSSR count). The molecule has 5 aromatic rings. The van der Waals surface area contributed by atoms with Crippen molar-refractivity contribution in [1.29, 1.82) is 0 Å². The van der Waals surface area contributed by atoms with Gasteiger partial charge in [-0.2, -0.15) is 5.10 Å². The number of amides is 1. The largest absolute Gasteiger partial charge is 0.504 e. The summed E-state index contributed by atoms with van der Waals surface area (Å²) in [4.78, 5) is 19.7. The van der Waals surface area contributed by atoms with E-state index in [9.17, 15) is 15.0 Å². The number of anilines is 1. The molecule has 9 heteroatoms. The molecule has 2 heterocycles. The van der Waals surface area contributed by atoms with E-state index < -0.39 is 0 Å². The summed E-state index contributed by atoms with van der Waals surface area (Å²) < 4.78 is 5.06. The van der Waals surface area contributed by atoms with Crippen molar-refractivity contribution in [2.24, 2.45) is 4.99 Å². The highest BCUT2D eigenvalue weighted by Gasteiger charge is 2.12. The summed E-state index contributed by atoms with van der Waals surface area (Å²) in [6.07, 6.45) is 2.23. The van der Waals surface area contributed by atoms with Crippen LogP contribution in [0.2, 0.25) is 0 Å². The minimum atomic E-state index is -0.270. The van der Waals surface area contributed by atoms with E-state index in [-0.39, 0.29) is 17.5 Å². The van der Waals surface area contributed by atoms with Crippen LogP contribution in [0.1, 0.15) is 32.9 Å². The van der Waals surface area contributed by atoms with E-state index in [1.54, 1.807) is 24.4 Å². The van der Waals surface area contributed by atoms with Gasteiger partial charge in [0, 0.05) is 34.6 Å². The number of phenols is 1. The molecule has 0 bridgehead atoms. The van der Waals surface area contributed by atoms with Crippen molar-refractivity contribution >= 4 is 34.4 Å². The lowest BCUT2D eigenvalue weighted by Gasteiger charge is -2.06. The van der Waals surface area contributed by atoms with E-state index in [2.05, 4.69) is 25.5 Å². The Kier molecular flexibility index (Phi) is 6.34. The molecular weight excluding hydrogens is 470 g/mol. The molecule has 0 spiro atoms. The van der Waals surface area contributed by atoms with Crippen LogP contribution in [0.3, 0.4) is 0 Å². The summed E-state index contributed by atoms with van der Waals surface area (Å²) >= 11 is 0. The lowest BCUT2D eigenvalue weighted by Crippen LogP contribution is -2.12. The number of H-pyrrole nitrogens is 2. The van der Waals surface area contributed by atoms with Gasteiger partial charge in [0.2, 0.25) is 0 Å². The molecule has 3 aromatic carbocycles. The first-order valence-corrected chi connectivity index (χ1v) is 11.6. The van der Waals surface area contributed by atoms with Crippen molar-refractivity contribution < 1.29 is 19.7 Å². The standard InChI is InChI=1S/C28H25N5O4/c1-16-11-24(33-32-16)28(36)30-19-6-3-17(4-7-19)12-18-5-9-23-21(13-18)22(27(35)31-23)15-29-20-8-10-26(37-2)25(34)14-20/h3-11,13-15,31,34-35H,12H2,1-2H3,(H,30,36)(H,32,33). The predicted octanol–water partition coefficient (Wildman–Crippen LogP) is 5.21. The first kappa shape index (κ1) is 23.7. The number of hydrogen-bond donors (Lipinski definition) is 5. The molecule has 0 saturated heterocycles. The summed E-state index contributed by atoms with van der Waals surface area (Å²) in [5, 5.41) is 30.9. The van der Waals surface area contributed by atoms with Gasteiger partial charge in [-0.3, -0.25) is 14.9 Å². The number of hydrogen-bond acceptors (Lipinski definition) is 6. The van der Waals surface area contributed by atoms with Gasteiger partial charge in [-0.1, -0.05) is 18.2 Å². The predicted molar refractivity (Wildman–Crippen MR) is 142 cm³/mol. The molecule has 2 aromatic heterocycles. The third-order valence-corrected chi connectivity index (χ3v) is 5.95. The minimum Gasteiger partial charge on any atom is -0.504 e. The number of ether oxygens (including phenoxy) is 1. The third kappa shape index (κ3) is 5.15. The third-order valence-electron chi connectivity index (χ3n) is 5.95. The fourth-order valence-corrected chi connectivity index (χ4v) is 4.06. The molecule has 37 heavy (non-hydrogen) atoms. The number of aromatic hydroxyl groups is 2. The van der Waals surface area contributed by atoms with Crippen molar-refractivity contribution in [1.82, 2.24) is 15.2 Å². The van der Waals surface area contributed by atoms with E-state index in [0.717, 1.165) is 27.7 Å². The number of aromatic nitrogens is 3. The molecule has 186 valence electrons. The molecular formula is C28H25N5O4. The first-order valence-electron chi connectivity index (χ1n) is 11.6. The number of carbonyl (C=O) groups excluding carboxylic acids is 1. The van der Waals surface area contributed by atoms with Gasteiger partial charge in [0.1, 0.15) is 0 Å². The second kappa shape index (κ2) is 9.90. The zero-order chi connectivity index (χ0) is 25.9. The van der Waals surface area contributed by atoms with E-state index >= 15 is 0 Å². The number of fused-ring (bicyclic) bond motifs is 1. The number of carbonyl (C=O) groups is 1. The summed E-state index contributed by atoms with van der Waals surface area (Å²) in [6.45, 7) is 1.84. The van der Waals surface area contributed by atoms with Crippen LogP contribution >= 0.6 is 0 Å². The van der Waals surface area contributed by atoms with Gasteiger partial charge in [-0.25, -0.2) is 0 Å². The van der Waals surface area contributed by atoms with Gasteiger partial charge in [-0.05, 0) is 66.9 Å². The summed E-state index contributed by atoms with van der Waals surface area (Å²) in [5.41, 5.74) is 5.83. The normalized spacial score (nSPS) is 11.3. The summed E-state index contributed by atoms with van der Waals surface area (Å²) in [5.74, 6) is 0.0980. The Morgan fingerprint density at radius 1 is 1.05 bits per heavy atom. The van der Waals surface area contributed by atoms with Crippen molar-refractivity contribution in [3.8, 4) is 17.4 Å². The quantitative estimate of drug-likeness (QED) is 0.197. The van der Waals surface area contributed by atoms with E-state index in [1.807, 2.05) is 49.4 Å². The molecule has 0 aliphatic heterocycles. The van der Waals surface area contributed by atoms with Gasteiger partial charge in [-0.15, -0.1) is 0 Å². The van der Waals surface area contributed by atoms with Crippen LogP contribution < -0.4 is 10.1 Å². The molecule has 0 fully saturated rings. The average Bonchev–Trinajstić information content (AvgIpc) is 3.46. The Hall–Kier alpha value is -5.05. The Morgan fingerprint density at radius 3 is 2.54 bits per heavy atom. The van der Waals surface area contributed by atoms with Crippen LogP contribution in [0.5, 0.6) is 17.4 Å². The van der Waals surface area contributed by atoms with Gasteiger partial charge < -0.3 is 25.3 Å². The Bertz CT molecular complexity index is 1620. The molecule has 0 saturated carbocycles. The van der Waals surface area contributed by atoms with Crippen LogP contribution in [-0.4, -0.2) is 44.6 Å². The topological polar surface area (TPSA) is 136 Å². The van der Waals surface area contributed by atoms with E-state index in [0.29, 0.717) is 34.8 Å². The molecule has 0 unspecified atom stereocenters. The number of nitrogens with zero attached hydrogens (tertiary/aromatic N) is 2. The number of benzene rings is 3. The maximum atomic E-state index is 12.3. The van der Waals surface area contributed by atoms with Crippen molar-refractivity contribution in [3.05, 3.63) is 94.8 Å². The number of nitrogens with one attached hydrogen (secondary N) is 3. The molecule has 0 atom stereocenters. The van der Waals surface area contributed by atoms with Gasteiger partial charge in [0.25, 0.3) is 5.91 Å². The highest BCUT2D eigenvalue weighted by molar-refractivity contribution is 6.03. The molecule has 0 aliphatic carbocycles. The molecule has 5 N–H and O–H groups in total. The SMILES string of the molecule is COc1ccc(N=Cc2c(O)[nH]c3ccc(Cc4ccc(NC(=O)c5cc(C)[nH]n5)cc4)cc23)cc1O. The van der Waals surface area contributed by atoms with Crippen molar-refractivity contribution in [2.45, 2.75) is 13.3 Å². The molecule has 0 aliphatic rings. The van der Waals surface area contributed by atoms with Crippen molar-refractivity contribution in [3.63, 3.8) is 0 Å². The van der Waals surface area contributed by atoms with Gasteiger partial charge in [0.15, 0.2) is 23.1 Å². The maximum absolute atomic E-state index is 12.3. The summed E-state index contributed by atoms with van der Waals surface area (Å²) in [6, 6.07) is 20.1. The number of aliphatic imine (C=N–C) groups is 1. The van der Waals surface area contributed by atoms with Crippen LogP contribution in [0.4, 0.5) is 11.4 Å². The number of aryl methyl sites for hydroxylation is 1. The zero-order valence-electron chi connectivity index (χ0n) is 20.2. The number of rotatable bonds is 7. The van der Waals surface area contributed by atoms with Crippen molar-refractivity contribution in [2.75, 3.05) is 12.4 Å². The van der Waals surface area contributed by atoms with Crippen LogP contribution in [0.15, 0.2) is 71.7 Å². The molecule has 9 nitrogen and oxygen atoms in total. The monoisotopic (exact) mass is 495 g/mol. The Balaban J connectivity index is 1.32. The van der Waals surface area contributed by atoms with Crippen LogP contribution in [-0.2, 0) is 6.42 Å². The zero-order valence-corrected chi connectivity index (χ0v) is 20.2. The molecule has 1 amide bonds. The second-order valence-electron chi connectivity index (χ2n) is 8.65. The van der Waals surface area contributed by atoms with E-state index in [4.69, 9.17) is 4.74 Å². The lowest BCUT2D eigenvalue weighted by molar-refractivity contribution is 0.102. The second-order valence-corrected chi connectivity index (χ2v) is 8.65. The van der Waals surface area contributed by atoms with Gasteiger partial charge in [0.05, 0.1) is 18.4 Å². The van der Waals surface area contributed by atoms with Crippen LogP contribution in [0, 0.1) is 6.92 Å². The highest BCUT2D eigenvalue weighted by atomic mass is 16.5. The smallest absolute Gasteiger partial charge is 0.276 e. The van der Waals surface area contributed by atoms with Gasteiger partial charge >= 0.3 is 0 Å². The van der Waals surface area contributed by atoms with Crippen LogP contribution in [0.25, 0.3) is 10.9 Å². The first-order chi connectivity index (χ1) is 17.9. The highest BCUT2D eigenvalue weighted by Crippen LogP contribution is 2.31. The number of methoxy groups -OCH3 is 1.